The minimum absolute atomic E-state index is 0.0941. The van der Waals surface area contributed by atoms with Crippen molar-refractivity contribution in [1.82, 2.24) is 0 Å². The fourth-order valence-corrected chi connectivity index (χ4v) is 6.83. The SMILES string of the molecule is CCCCCCCCCCCCCCCCOCC(COCCCCCCCCCCCCCCCC)OP(=O)([O-])OCC[N+](C)(C)C. The molecule has 0 spiro atoms. The van der Waals surface area contributed by atoms with E-state index in [9.17, 15) is 9.46 Å². The van der Waals surface area contributed by atoms with Gasteiger partial charge in [0.2, 0.25) is 0 Å². The molecule has 290 valence electrons. The first-order valence-electron chi connectivity index (χ1n) is 20.8. The zero-order valence-corrected chi connectivity index (χ0v) is 33.9. The summed E-state index contributed by atoms with van der Waals surface area (Å²) in [4.78, 5) is 12.5. The van der Waals surface area contributed by atoms with Crippen molar-refractivity contribution >= 4 is 7.82 Å². The smallest absolute Gasteiger partial charge is 0.268 e. The molecule has 0 rings (SSSR count). The standard InChI is InChI=1S/C40H84NO6P/c1-6-8-10-12-14-16-18-20-22-24-26-28-30-32-35-44-38-40(47-48(42,43)46-37-34-41(3,4)5)39-45-36-33-31-29-27-25-23-21-19-17-15-13-11-9-7-2/h40H,6-39H2,1-5H3. The van der Waals surface area contributed by atoms with E-state index in [1.807, 2.05) is 21.1 Å². The summed E-state index contributed by atoms with van der Waals surface area (Å²) in [5.74, 6) is 0. The molecule has 0 aliphatic rings. The van der Waals surface area contributed by atoms with Crippen LogP contribution in [0.25, 0.3) is 0 Å². The maximum Gasteiger partial charge on any atom is 0.268 e. The normalized spacial score (nSPS) is 13.5. The summed E-state index contributed by atoms with van der Waals surface area (Å²) in [6, 6.07) is 0. The van der Waals surface area contributed by atoms with E-state index >= 15 is 0 Å². The van der Waals surface area contributed by atoms with Gasteiger partial charge in [0.25, 0.3) is 7.82 Å². The third-order valence-electron chi connectivity index (χ3n) is 9.18. The Bertz CT molecular complexity index is 653. The molecule has 8 heteroatoms. The number of phosphoric acid groups is 1. The highest BCUT2D eigenvalue weighted by atomic mass is 31.2. The number of quaternary nitrogens is 1. The summed E-state index contributed by atoms with van der Waals surface area (Å²) in [6.07, 6.45) is 36.2. The second-order valence-electron chi connectivity index (χ2n) is 15.4. The van der Waals surface area contributed by atoms with Crippen molar-refractivity contribution in [2.75, 3.05) is 60.7 Å². The lowest BCUT2D eigenvalue weighted by molar-refractivity contribution is -0.870. The van der Waals surface area contributed by atoms with Crippen molar-refractivity contribution in [2.45, 2.75) is 200 Å². The van der Waals surface area contributed by atoms with E-state index in [4.69, 9.17) is 18.5 Å². The minimum atomic E-state index is -4.44. The van der Waals surface area contributed by atoms with E-state index in [0.717, 1.165) is 25.7 Å². The Morgan fingerprint density at radius 3 is 1.06 bits per heavy atom. The number of unbranched alkanes of at least 4 members (excludes halogenated alkanes) is 26. The first-order chi connectivity index (χ1) is 23.2. The van der Waals surface area contributed by atoms with Gasteiger partial charge in [0, 0.05) is 13.2 Å². The number of nitrogens with zero attached hydrogens (tertiary/aromatic N) is 1. The molecule has 0 aromatic carbocycles. The first kappa shape index (κ1) is 48.0. The number of likely N-dealkylation sites (N-methyl/N-ethyl adjacent to an activating group) is 1. The van der Waals surface area contributed by atoms with E-state index in [1.165, 1.54) is 154 Å². The maximum absolute atomic E-state index is 12.5. The lowest BCUT2D eigenvalue weighted by atomic mass is 10.0. The van der Waals surface area contributed by atoms with E-state index in [0.29, 0.717) is 24.2 Å². The molecule has 0 radical (unpaired) electrons. The molecular formula is C40H84NO6P. The molecule has 0 aliphatic carbocycles. The van der Waals surface area contributed by atoms with Crippen LogP contribution in [-0.2, 0) is 23.1 Å². The first-order valence-corrected chi connectivity index (χ1v) is 22.3. The second kappa shape index (κ2) is 35.4. The van der Waals surface area contributed by atoms with Crippen molar-refractivity contribution in [3.63, 3.8) is 0 Å². The number of hydrogen-bond donors (Lipinski definition) is 0. The monoisotopic (exact) mass is 706 g/mol. The third-order valence-corrected chi connectivity index (χ3v) is 10.2. The van der Waals surface area contributed by atoms with Gasteiger partial charge in [-0.1, -0.05) is 181 Å². The van der Waals surface area contributed by atoms with Gasteiger partial charge < -0.3 is 27.9 Å². The molecule has 0 aromatic rings. The number of ether oxygens (including phenoxy) is 2. The third kappa shape index (κ3) is 38.8. The lowest BCUT2D eigenvalue weighted by Crippen LogP contribution is -2.38. The predicted octanol–water partition coefficient (Wildman–Crippen LogP) is 11.6. The molecule has 0 fully saturated rings. The maximum atomic E-state index is 12.5. The van der Waals surface area contributed by atoms with Gasteiger partial charge >= 0.3 is 0 Å². The lowest BCUT2D eigenvalue weighted by Gasteiger charge is -2.30. The van der Waals surface area contributed by atoms with Crippen LogP contribution in [0.15, 0.2) is 0 Å². The largest absolute Gasteiger partial charge is 0.756 e. The summed E-state index contributed by atoms with van der Waals surface area (Å²) in [7, 11) is 1.56. The van der Waals surface area contributed by atoms with E-state index in [-0.39, 0.29) is 19.8 Å². The quantitative estimate of drug-likeness (QED) is 0.0359. The minimum Gasteiger partial charge on any atom is -0.756 e. The van der Waals surface area contributed by atoms with Gasteiger partial charge in [-0.15, -0.1) is 0 Å². The zero-order chi connectivity index (χ0) is 35.4. The molecule has 48 heavy (non-hydrogen) atoms. The Balaban J connectivity index is 4.05. The molecule has 0 saturated carbocycles. The molecule has 1 unspecified atom stereocenters. The Morgan fingerprint density at radius 1 is 0.479 bits per heavy atom. The molecular weight excluding hydrogens is 621 g/mol. The van der Waals surface area contributed by atoms with Gasteiger partial charge in [-0.3, -0.25) is 4.57 Å². The van der Waals surface area contributed by atoms with Crippen LogP contribution in [0.3, 0.4) is 0 Å². The Labute approximate surface area is 300 Å². The average molecular weight is 706 g/mol. The molecule has 7 nitrogen and oxygen atoms in total. The van der Waals surface area contributed by atoms with Gasteiger partial charge in [0.1, 0.15) is 19.3 Å². The Kier molecular flexibility index (Phi) is 35.4. The molecule has 0 aliphatic heterocycles. The summed E-state index contributed by atoms with van der Waals surface area (Å²) >= 11 is 0. The van der Waals surface area contributed by atoms with Crippen LogP contribution < -0.4 is 4.89 Å². The summed E-state index contributed by atoms with van der Waals surface area (Å²) < 4.78 is 35.5. The van der Waals surface area contributed by atoms with Gasteiger partial charge in [-0.25, -0.2) is 0 Å². The molecule has 0 bridgehead atoms. The second-order valence-corrected chi connectivity index (χ2v) is 16.7. The van der Waals surface area contributed by atoms with Crippen molar-refractivity contribution in [2.24, 2.45) is 0 Å². The summed E-state index contributed by atoms with van der Waals surface area (Å²) in [6.45, 7) is 6.84. The van der Waals surface area contributed by atoms with Gasteiger partial charge in [-0.2, -0.15) is 0 Å². The highest BCUT2D eigenvalue weighted by molar-refractivity contribution is 7.45. The molecule has 0 saturated heterocycles. The highest BCUT2D eigenvalue weighted by Gasteiger charge is 2.20. The van der Waals surface area contributed by atoms with Crippen LogP contribution in [0.5, 0.6) is 0 Å². The van der Waals surface area contributed by atoms with Crippen LogP contribution in [0.2, 0.25) is 0 Å². The average Bonchev–Trinajstić information content (AvgIpc) is 3.03. The van der Waals surface area contributed by atoms with Gasteiger partial charge in [0.05, 0.1) is 34.4 Å². The summed E-state index contributed by atoms with van der Waals surface area (Å²) in [5, 5.41) is 0. The summed E-state index contributed by atoms with van der Waals surface area (Å²) in [5.41, 5.74) is 0. The molecule has 0 aromatic heterocycles. The van der Waals surface area contributed by atoms with E-state index in [2.05, 4.69) is 13.8 Å². The van der Waals surface area contributed by atoms with Gasteiger partial charge in [-0.05, 0) is 12.8 Å². The highest BCUT2D eigenvalue weighted by Crippen LogP contribution is 2.40. The topological polar surface area (TPSA) is 77.1 Å². The fraction of sp³-hybridized carbons (Fsp3) is 1.00. The van der Waals surface area contributed by atoms with Crippen molar-refractivity contribution in [3.05, 3.63) is 0 Å². The van der Waals surface area contributed by atoms with Crippen molar-refractivity contribution in [3.8, 4) is 0 Å². The zero-order valence-electron chi connectivity index (χ0n) is 33.0. The van der Waals surface area contributed by atoms with Crippen LogP contribution >= 0.6 is 7.82 Å². The van der Waals surface area contributed by atoms with Crippen LogP contribution in [0, 0.1) is 0 Å². The Hall–Kier alpha value is -0.0100. The van der Waals surface area contributed by atoms with Crippen LogP contribution in [0.4, 0.5) is 0 Å². The number of phosphoric ester groups is 1. The van der Waals surface area contributed by atoms with Crippen LogP contribution in [-0.4, -0.2) is 71.3 Å². The molecule has 0 N–H and O–H groups in total. The van der Waals surface area contributed by atoms with E-state index in [1.54, 1.807) is 0 Å². The fourth-order valence-electron chi connectivity index (χ4n) is 5.98. The van der Waals surface area contributed by atoms with E-state index < -0.39 is 13.9 Å². The molecule has 0 heterocycles. The number of rotatable bonds is 40. The predicted molar refractivity (Wildman–Crippen MR) is 204 cm³/mol. The molecule has 1 atom stereocenters. The molecule has 0 amide bonds. The Morgan fingerprint density at radius 2 is 0.771 bits per heavy atom. The van der Waals surface area contributed by atoms with Crippen molar-refractivity contribution < 1.29 is 32.5 Å². The van der Waals surface area contributed by atoms with Crippen LogP contribution in [0.1, 0.15) is 194 Å². The number of hydrogen-bond acceptors (Lipinski definition) is 6. The van der Waals surface area contributed by atoms with Crippen molar-refractivity contribution in [1.29, 1.82) is 0 Å². The van der Waals surface area contributed by atoms with Gasteiger partial charge in [0.15, 0.2) is 0 Å².